The van der Waals surface area contributed by atoms with Crippen molar-refractivity contribution in [2.24, 2.45) is 0 Å². The minimum absolute atomic E-state index is 0.0136. The highest BCUT2D eigenvalue weighted by molar-refractivity contribution is 14.1. The van der Waals surface area contributed by atoms with Crippen molar-refractivity contribution in [3.8, 4) is 0 Å². The molecule has 0 spiro atoms. The number of aromatic amines is 1. The van der Waals surface area contributed by atoms with Crippen molar-refractivity contribution in [1.29, 1.82) is 0 Å². The Hall–Kier alpha value is -1.37. The minimum atomic E-state index is -0.0136. The highest BCUT2D eigenvalue weighted by Gasteiger charge is 2.05. The monoisotopic (exact) mass is 369 g/mol. The average Bonchev–Trinajstić information content (AvgIpc) is 2.81. The highest BCUT2D eigenvalue weighted by atomic mass is 127. The van der Waals surface area contributed by atoms with Gasteiger partial charge in [-0.25, -0.2) is 0 Å². The fraction of sp³-hybridized carbons (Fsp3) is 0.286. The maximum atomic E-state index is 11.9. The predicted molar refractivity (Wildman–Crippen MR) is 83.1 cm³/mol. The number of nitrogens with zero attached hydrogens (tertiary/aromatic N) is 1. The number of nitrogens with one attached hydrogen (secondary N) is 2. The van der Waals surface area contributed by atoms with Crippen molar-refractivity contribution in [3.63, 3.8) is 0 Å². The summed E-state index contributed by atoms with van der Waals surface area (Å²) in [6, 6.07) is 7.56. The fourth-order valence-corrected chi connectivity index (χ4v) is 2.17. The summed E-state index contributed by atoms with van der Waals surface area (Å²) in [5.74, 6) is -0.0136. The maximum Gasteiger partial charge on any atom is 0.251 e. The molecule has 100 valence electrons. The Morgan fingerprint density at radius 2 is 2.11 bits per heavy atom. The van der Waals surface area contributed by atoms with Gasteiger partial charge in [-0.3, -0.25) is 9.89 Å². The SMILES string of the molecule is Cc1[nH]ncc1CCCNC(=O)c1ccc(I)cc1. The molecule has 0 saturated heterocycles. The number of H-pyrrole nitrogens is 1. The number of halogens is 1. The summed E-state index contributed by atoms with van der Waals surface area (Å²) in [7, 11) is 0. The van der Waals surface area contributed by atoms with Crippen molar-refractivity contribution in [3.05, 3.63) is 50.9 Å². The molecule has 1 aromatic heterocycles. The Kier molecular flexibility index (Phi) is 4.95. The molecule has 4 nitrogen and oxygen atoms in total. The topological polar surface area (TPSA) is 57.8 Å². The van der Waals surface area contributed by atoms with Crippen molar-refractivity contribution in [2.45, 2.75) is 19.8 Å². The van der Waals surface area contributed by atoms with E-state index in [-0.39, 0.29) is 5.91 Å². The van der Waals surface area contributed by atoms with Gasteiger partial charge in [0.25, 0.3) is 5.91 Å². The third-order valence-electron chi connectivity index (χ3n) is 2.95. The van der Waals surface area contributed by atoms with E-state index in [1.165, 1.54) is 5.56 Å². The van der Waals surface area contributed by atoms with Gasteiger partial charge in [-0.05, 0) is 72.2 Å². The smallest absolute Gasteiger partial charge is 0.251 e. The minimum Gasteiger partial charge on any atom is -0.352 e. The van der Waals surface area contributed by atoms with Gasteiger partial charge in [0.2, 0.25) is 0 Å². The van der Waals surface area contributed by atoms with E-state index < -0.39 is 0 Å². The molecule has 1 heterocycles. The maximum absolute atomic E-state index is 11.9. The van der Waals surface area contributed by atoms with Crippen LogP contribution < -0.4 is 5.32 Å². The van der Waals surface area contributed by atoms with E-state index in [9.17, 15) is 4.79 Å². The van der Waals surface area contributed by atoms with E-state index in [0.29, 0.717) is 12.1 Å². The van der Waals surface area contributed by atoms with Gasteiger partial charge >= 0.3 is 0 Å². The Morgan fingerprint density at radius 3 is 2.74 bits per heavy atom. The summed E-state index contributed by atoms with van der Waals surface area (Å²) in [5, 5.41) is 9.82. The molecule has 0 aliphatic carbocycles. The molecule has 1 aromatic carbocycles. The second-order valence-corrected chi connectivity index (χ2v) is 5.63. The summed E-state index contributed by atoms with van der Waals surface area (Å²) in [6.45, 7) is 2.68. The standard InChI is InChI=1S/C14H16IN3O/c1-10-12(9-17-18-10)3-2-8-16-14(19)11-4-6-13(15)7-5-11/h4-7,9H,2-3,8H2,1H3,(H,16,19)(H,17,18). The van der Waals surface area contributed by atoms with Gasteiger partial charge in [-0.2, -0.15) is 5.10 Å². The van der Waals surface area contributed by atoms with E-state index >= 15 is 0 Å². The molecule has 2 rings (SSSR count). The van der Waals surface area contributed by atoms with Gasteiger partial charge in [0.15, 0.2) is 0 Å². The number of aryl methyl sites for hydroxylation is 2. The fourth-order valence-electron chi connectivity index (χ4n) is 1.81. The molecule has 0 atom stereocenters. The predicted octanol–water partition coefficient (Wildman–Crippen LogP) is 2.69. The lowest BCUT2D eigenvalue weighted by molar-refractivity contribution is 0.0953. The first-order valence-corrected chi connectivity index (χ1v) is 7.27. The zero-order chi connectivity index (χ0) is 13.7. The van der Waals surface area contributed by atoms with E-state index in [4.69, 9.17) is 0 Å². The molecular weight excluding hydrogens is 353 g/mol. The molecule has 19 heavy (non-hydrogen) atoms. The number of carbonyl (C=O) groups is 1. The Morgan fingerprint density at radius 1 is 1.37 bits per heavy atom. The number of benzene rings is 1. The van der Waals surface area contributed by atoms with E-state index in [1.807, 2.05) is 37.4 Å². The molecule has 0 saturated carbocycles. The third kappa shape index (κ3) is 4.05. The van der Waals surface area contributed by atoms with Gasteiger partial charge in [-0.1, -0.05) is 0 Å². The molecule has 0 aliphatic rings. The molecule has 0 unspecified atom stereocenters. The van der Waals surface area contributed by atoms with Crippen LogP contribution in [0.25, 0.3) is 0 Å². The number of aromatic nitrogens is 2. The quantitative estimate of drug-likeness (QED) is 0.629. The van der Waals surface area contributed by atoms with Crippen LogP contribution >= 0.6 is 22.6 Å². The van der Waals surface area contributed by atoms with Crippen LogP contribution in [0.15, 0.2) is 30.5 Å². The van der Waals surface area contributed by atoms with Gasteiger partial charge in [0.1, 0.15) is 0 Å². The first kappa shape index (κ1) is 14.0. The van der Waals surface area contributed by atoms with Crippen molar-refractivity contribution < 1.29 is 4.79 Å². The van der Waals surface area contributed by atoms with Crippen LogP contribution in [-0.2, 0) is 6.42 Å². The zero-order valence-electron chi connectivity index (χ0n) is 10.7. The van der Waals surface area contributed by atoms with Gasteiger partial charge in [0, 0.05) is 21.4 Å². The molecule has 2 aromatic rings. The van der Waals surface area contributed by atoms with Crippen LogP contribution in [0.1, 0.15) is 28.0 Å². The molecule has 0 bridgehead atoms. The van der Waals surface area contributed by atoms with Crippen molar-refractivity contribution in [1.82, 2.24) is 15.5 Å². The number of hydrogen-bond donors (Lipinski definition) is 2. The lowest BCUT2D eigenvalue weighted by Gasteiger charge is -2.05. The molecule has 0 aliphatic heterocycles. The summed E-state index contributed by atoms with van der Waals surface area (Å²) in [6.07, 6.45) is 3.68. The molecule has 5 heteroatoms. The van der Waals surface area contributed by atoms with Crippen molar-refractivity contribution in [2.75, 3.05) is 6.54 Å². The molecule has 1 amide bonds. The number of amides is 1. The van der Waals surface area contributed by atoms with Gasteiger partial charge in [-0.15, -0.1) is 0 Å². The summed E-state index contributed by atoms with van der Waals surface area (Å²) in [5.41, 5.74) is 3.02. The highest BCUT2D eigenvalue weighted by Crippen LogP contribution is 2.07. The van der Waals surface area contributed by atoms with Crippen LogP contribution in [0.3, 0.4) is 0 Å². The average molecular weight is 369 g/mol. The van der Waals surface area contributed by atoms with E-state index in [1.54, 1.807) is 0 Å². The summed E-state index contributed by atoms with van der Waals surface area (Å²) < 4.78 is 1.13. The van der Waals surface area contributed by atoms with E-state index in [0.717, 1.165) is 22.1 Å². The zero-order valence-corrected chi connectivity index (χ0v) is 12.9. The largest absolute Gasteiger partial charge is 0.352 e. The molecular formula is C14H16IN3O. The normalized spacial score (nSPS) is 10.4. The molecule has 0 radical (unpaired) electrons. The Labute approximate surface area is 126 Å². The van der Waals surface area contributed by atoms with Gasteiger partial charge in [0.05, 0.1) is 6.20 Å². The van der Waals surface area contributed by atoms with Crippen LogP contribution in [-0.4, -0.2) is 22.6 Å². The summed E-state index contributed by atoms with van der Waals surface area (Å²) >= 11 is 2.22. The third-order valence-corrected chi connectivity index (χ3v) is 3.67. The molecule has 2 N–H and O–H groups in total. The first-order valence-electron chi connectivity index (χ1n) is 6.19. The Balaban J connectivity index is 1.75. The van der Waals surface area contributed by atoms with Gasteiger partial charge < -0.3 is 5.32 Å². The number of rotatable bonds is 5. The van der Waals surface area contributed by atoms with Crippen LogP contribution in [0.2, 0.25) is 0 Å². The lowest BCUT2D eigenvalue weighted by Crippen LogP contribution is -2.24. The second-order valence-electron chi connectivity index (χ2n) is 4.39. The summed E-state index contributed by atoms with van der Waals surface area (Å²) in [4.78, 5) is 11.9. The Bertz CT molecular complexity index is 548. The van der Waals surface area contributed by atoms with Crippen LogP contribution in [0.4, 0.5) is 0 Å². The van der Waals surface area contributed by atoms with Crippen molar-refractivity contribution >= 4 is 28.5 Å². The van der Waals surface area contributed by atoms with Crippen LogP contribution in [0, 0.1) is 10.5 Å². The van der Waals surface area contributed by atoms with E-state index in [2.05, 4.69) is 38.1 Å². The lowest BCUT2D eigenvalue weighted by atomic mass is 10.1. The van der Waals surface area contributed by atoms with Crippen LogP contribution in [0.5, 0.6) is 0 Å². The molecule has 0 fully saturated rings. The first-order chi connectivity index (χ1) is 9.16. The number of hydrogen-bond acceptors (Lipinski definition) is 2. The number of carbonyl (C=O) groups excluding carboxylic acids is 1. The second kappa shape index (κ2) is 6.70.